The lowest BCUT2D eigenvalue weighted by Crippen LogP contribution is -2.41. The summed E-state index contributed by atoms with van der Waals surface area (Å²) in [6.45, 7) is 4.62. The van der Waals surface area contributed by atoms with E-state index in [1.807, 2.05) is 49.5 Å². The molecule has 2 aromatic rings. The highest BCUT2D eigenvalue weighted by atomic mass is 16.2. The van der Waals surface area contributed by atoms with Crippen LogP contribution in [0.25, 0.3) is 0 Å². The molecular formula is C23H30N4O2. The molecular weight excluding hydrogens is 364 g/mol. The average Bonchev–Trinajstić information content (AvgIpc) is 3.50. The smallest absolute Gasteiger partial charge is 0.319 e. The topological polar surface area (TPSA) is 73.5 Å². The van der Waals surface area contributed by atoms with Crippen LogP contribution >= 0.6 is 0 Å². The normalized spacial score (nSPS) is 14.2. The van der Waals surface area contributed by atoms with Crippen LogP contribution in [0.3, 0.4) is 0 Å². The molecule has 154 valence electrons. The van der Waals surface area contributed by atoms with Gasteiger partial charge in [0.2, 0.25) is 0 Å². The number of urea groups is 2. The molecule has 1 aliphatic carbocycles. The van der Waals surface area contributed by atoms with Crippen LogP contribution in [0.1, 0.15) is 43.9 Å². The van der Waals surface area contributed by atoms with E-state index in [9.17, 15) is 9.59 Å². The summed E-state index contributed by atoms with van der Waals surface area (Å²) < 4.78 is 0. The van der Waals surface area contributed by atoms with Gasteiger partial charge in [0.15, 0.2) is 0 Å². The van der Waals surface area contributed by atoms with Gasteiger partial charge in [0.05, 0.1) is 6.04 Å². The summed E-state index contributed by atoms with van der Waals surface area (Å²) in [5.41, 5.74) is 2.76. The summed E-state index contributed by atoms with van der Waals surface area (Å²) in [4.78, 5) is 26.4. The first-order chi connectivity index (χ1) is 13.9. The molecule has 29 heavy (non-hydrogen) atoms. The maximum Gasteiger partial charge on any atom is 0.319 e. The first-order valence-corrected chi connectivity index (χ1v) is 10.2. The van der Waals surface area contributed by atoms with Crippen molar-refractivity contribution in [1.29, 1.82) is 0 Å². The molecule has 0 heterocycles. The standard InChI is InChI=1S/C23H30N4O2/c1-16(2)21(18-9-5-4-6-10-18)27(3)23(29)24-15-17-8-7-11-20(14-17)26-22(28)25-19-12-13-19/h4-11,14,16,19,21H,12-13,15H2,1-3H3,(H,24,29)(H2,25,26,28)/t21-/m0/s1. The van der Waals surface area contributed by atoms with Crippen molar-refractivity contribution in [2.75, 3.05) is 12.4 Å². The van der Waals surface area contributed by atoms with Gasteiger partial charge < -0.3 is 20.9 Å². The van der Waals surface area contributed by atoms with E-state index in [4.69, 9.17) is 0 Å². The van der Waals surface area contributed by atoms with Gasteiger partial charge in [-0.1, -0.05) is 56.3 Å². The second-order valence-electron chi connectivity index (χ2n) is 7.94. The summed E-state index contributed by atoms with van der Waals surface area (Å²) in [5, 5.41) is 8.73. The number of carbonyl (C=O) groups is 2. The number of anilines is 1. The van der Waals surface area contributed by atoms with Crippen LogP contribution in [0.2, 0.25) is 0 Å². The first kappa shape index (κ1) is 20.7. The van der Waals surface area contributed by atoms with E-state index in [2.05, 4.69) is 41.9 Å². The minimum absolute atomic E-state index is 0.00433. The van der Waals surface area contributed by atoms with Gasteiger partial charge >= 0.3 is 12.1 Å². The Kier molecular flexibility index (Phi) is 6.75. The molecule has 0 spiro atoms. The number of rotatable bonds is 7. The Balaban J connectivity index is 1.57. The number of hydrogen-bond donors (Lipinski definition) is 3. The van der Waals surface area contributed by atoms with Gasteiger partial charge in [-0.3, -0.25) is 0 Å². The number of amides is 4. The maximum atomic E-state index is 12.8. The molecule has 1 aliphatic rings. The van der Waals surface area contributed by atoms with E-state index in [1.165, 1.54) is 0 Å². The van der Waals surface area contributed by atoms with Crippen LogP contribution in [0.5, 0.6) is 0 Å². The molecule has 3 N–H and O–H groups in total. The summed E-state index contributed by atoms with van der Waals surface area (Å²) in [7, 11) is 1.83. The van der Waals surface area contributed by atoms with Gasteiger partial charge in [-0.2, -0.15) is 0 Å². The highest BCUT2D eigenvalue weighted by Gasteiger charge is 2.25. The molecule has 6 nitrogen and oxygen atoms in total. The molecule has 0 saturated heterocycles. The molecule has 0 radical (unpaired) electrons. The van der Waals surface area contributed by atoms with E-state index < -0.39 is 0 Å². The minimum atomic E-state index is -0.184. The van der Waals surface area contributed by atoms with Gasteiger partial charge in [-0.25, -0.2) is 9.59 Å². The second-order valence-corrected chi connectivity index (χ2v) is 7.94. The van der Waals surface area contributed by atoms with Gasteiger partial charge in [0, 0.05) is 25.3 Å². The van der Waals surface area contributed by atoms with Crippen LogP contribution in [-0.2, 0) is 6.54 Å². The summed E-state index contributed by atoms with van der Waals surface area (Å²) >= 11 is 0. The van der Waals surface area contributed by atoms with Crippen LogP contribution in [0.15, 0.2) is 54.6 Å². The monoisotopic (exact) mass is 394 g/mol. The highest BCUT2D eigenvalue weighted by molar-refractivity contribution is 5.89. The van der Waals surface area contributed by atoms with Gasteiger partial charge in [-0.15, -0.1) is 0 Å². The molecule has 1 saturated carbocycles. The second kappa shape index (κ2) is 9.45. The summed E-state index contributed by atoms with van der Waals surface area (Å²) in [6.07, 6.45) is 2.10. The molecule has 0 unspecified atom stereocenters. The maximum absolute atomic E-state index is 12.8. The molecule has 1 fully saturated rings. The lowest BCUT2D eigenvalue weighted by atomic mass is 9.95. The van der Waals surface area contributed by atoms with Crippen molar-refractivity contribution in [3.63, 3.8) is 0 Å². The van der Waals surface area contributed by atoms with Gasteiger partial charge in [0.1, 0.15) is 0 Å². The van der Waals surface area contributed by atoms with Crippen molar-refractivity contribution in [3.8, 4) is 0 Å². The van der Waals surface area contributed by atoms with Gasteiger partial charge in [0.25, 0.3) is 0 Å². The molecule has 4 amide bonds. The van der Waals surface area contributed by atoms with E-state index >= 15 is 0 Å². The lowest BCUT2D eigenvalue weighted by Gasteiger charge is -2.32. The quantitative estimate of drug-likeness (QED) is 0.646. The Bertz CT molecular complexity index is 834. The van der Waals surface area contributed by atoms with Crippen molar-refractivity contribution >= 4 is 17.7 Å². The first-order valence-electron chi connectivity index (χ1n) is 10.2. The zero-order valence-corrected chi connectivity index (χ0v) is 17.3. The molecule has 0 bridgehead atoms. The highest BCUT2D eigenvalue weighted by Crippen LogP contribution is 2.27. The summed E-state index contributed by atoms with van der Waals surface area (Å²) in [5.74, 6) is 0.283. The predicted molar refractivity (Wildman–Crippen MR) is 116 cm³/mol. The number of carbonyl (C=O) groups excluding carboxylic acids is 2. The van der Waals surface area contributed by atoms with Crippen LogP contribution < -0.4 is 16.0 Å². The third-order valence-electron chi connectivity index (χ3n) is 5.05. The fourth-order valence-corrected chi connectivity index (χ4v) is 3.47. The molecule has 0 aliphatic heterocycles. The zero-order valence-electron chi connectivity index (χ0n) is 17.3. The van der Waals surface area contributed by atoms with Crippen molar-refractivity contribution in [2.24, 2.45) is 5.92 Å². The molecule has 1 atom stereocenters. The molecule has 6 heteroatoms. The fraction of sp³-hybridized carbons (Fsp3) is 0.391. The number of benzene rings is 2. The Morgan fingerprint density at radius 2 is 1.79 bits per heavy atom. The van der Waals surface area contributed by atoms with E-state index in [0.717, 1.165) is 24.0 Å². The Labute approximate surface area is 172 Å². The Morgan fingerprint density at radius 1 is 1.07 bits per heavy atom. The average molecular weight is 395 g/mol. The fourth-order valence-electron chi connectivity index (χ4n) is 3.47. The largest absolute Gasteiger partial charge is 0.335 e. The van der Waals surface area contributed by atoms with Crippen LogP contribution in [0.4, 0.5) is 15.3 Å². The molecule has 2 aromatic carbocycles. The van der Waals surface area contributed by atoms with Crippen LogP contribution in [0, 0.1) is 5.92 Å². The van der Waals surface area contributed by atoms with Crippen molar-refractivity contribution in [1.82, 2.24) is 15.5 Å². The number of hydrogen-bond acceptors (Lipinski definition) is 2. The third kappa shape index (κ3) is 5.98. The van der Waals surface area contributed by atoms with Crippen molar-refractivity contribution in [3.05, 3.63) is 65.7 Å². The third-order valence-corrected chi connectivity index (χ3v) is 5.05. The minimum Gasteiger partial charge on any atom is -0.335 e. The van der Waals surface area contributed by atoms with Crippen molar-refractivity contribution in [2.45, 2.75) is 45.3 Å². The SMILES string of the molecule is CC(C)[C@@H](c1ccccc1)N(C)C(=O)NCc1cccc(NC(=O)NC2CC2)c1. The van der Waals surface area contributed by atoms with Crippen LogP contribution in [-0.4, -0.2) is 30.1 Å². The zero-order chi connectivity index (χ0) is 20.8. The van der Waals surface area contributed by atoms with Crippen molar-refractivity contribution < 1.29 is 9.59 Å². The number of nitrogens with one attached hydrogen (secondary N) is 3. The van der Waals surface area contributed by atoms with E-state index in [0.29, 0.717) is 18.3 Å². The Morgan fingerprint density at radius 3 is 2.45 bits per heavy atom. The molecule has 3 rings (SSSR count). The van der Waals surface area contributed by atoms with Gasteiger partial charge in [-0.05, 0) is 42.0 Å². The number of nitrogens with zero attached hydrogens (tertiary/aromatic N) is 1. The molecule has 0 aromatic heterocycles. The predicted octanol–water partition coefficient (Wildman–Crippen LogP) is 4.51. The summed E-state index contributed by atoms with van der Waals surface area (Å²) in [6, 6.07) is 17.6. The lowest BCUT2D eigenvalue weighted by molar-refractivity contribution is 0.173. The van der Waals surface area contributed by atoms with E-state index in [1.54, 1.807) is 4.90 Å². The Hall–Kier alpha value is -3.02. The van der Waals surface area contributed by atoms with E-state index in [-0.39, 0.29) is 24.0 Å².